The summed E-state index contributed by atoms with van der Waals surface area (Å²) < 4.78 is 10.9. The molecule has 0 amide bonds. The quantitative estimate of drug-likeness (QED) is 0.561. The second-order valence-corrected chi connectivity index (χ2v) is 8.73. The molecule has 1 unspecified atom stereocenters. The number of piperidine rings is 1. The minimum atomic E-state index is -0.715. The van der Waals surface area contributed by atoms with Crippen molar-refractivity contribution in [2.45, 2.75) is 31.7 Å². The zero-order valence-corrected chi connectivity index (χ0v) is 19.7. The zero-order valence-electron chi connectivity index (χ0n) is 19.7. The van der Waals surface area contributed by atoms with E-state index < -0.39 is 11.5 Å². The van der Waals surface area contributed by atoms with Crippen LogP contribution in [0.5, 0.6) is 11.5 Å². The number of carbonyl (C=O) groups is 1. The number of benzene rings is 2. The Bertz CT molecular complexity index is 1230. The van der Waals surface area contributed by atoms with E-state index in [2.05, 4.69) is 45.8 Å². The molecule has 7 heteroatoms. The third kappa shape index (κ3) is 4.97. The predicted molar refractivity (Wildman–Crippen MR) is 130 cm³/mol. The average Bonchev–Trinajstić information content (AvgIpc) is 2.87. The van der Waals surface area contributed by atoms with Crippen LogP contribution in [0.1, 0.15) is 31.0 Å². The standard InChI is InChI=1S/C27H29N3O4/c1-27(17-19-7-5-4-6-8-19,30-13-10-20(11-14-30)26(31)32)12-9-22-21-15-24(33-2)25(34-3)16-23(21)29-18-28-22/h4-8,15-16,18,20H,10-11,13-14,17H2,1-3H3,(H,31,32). The Morgan fingerprint density at radius 3 is 2.44 bits per heavy atom. The first-order chi connectivity index (χ1) is 16.4. The molecule has 1 aliphatic heterocycles. The van der Waals surface area contributed by atoms with Gasteiger partial charge < -0.3 is 14.6 Å². The first kappa shape index (κ1) is 23.5. The van der Waals surface area contributed by atoms with Gasteiger partial charge in [-0.05, 0) is 37.3 Å². The Morgan fingerprint density at radius 1 is 1.12 bits per heavy atom. The van der Waals surface area contributed by atoms with Crippen molar-refractivity contribution in [1.29, 1.82) is 0 Å². The lowest BCUT2D eigenvalue weighted by atomic mass is 9.87. The third-order valence-electron chi connectivity index (χ3n) is 6.52. The van der Waals surface area contributed by atoms with Gasteiger partial charge in [0.15, 0.2) is 11.5 Å². The second-order valence-electron chi connectivity index (χ2n) is 8.73. The summed E-state index contributed by atoms with van der Waals surface area (Å²) >= 11 is 0. The van der Waals surface area contributed by atoms with Crippen molar-refractivity contribution >= 4 is 16.9 Å². The fraction of sp³-hybridized carbons (Fsp3) is 0.370. The second kappa shape index (κ2) is 10.1. The lowest BCUT2D eigenvalue weighted by Crippen LogP contribution is -2.51. The van der Waals surface area contributed by atoms with Crippen LogP contribution >= 0.6 is 0 Å². The highest BCUT2D eigenvalue weighted by molar-refractivity contribution is 5.86. The largest absolute Gasteiger partial charge is 0.493 e. The molecule has 2 aromatic carbocycles. The summed E-state index contributed by atoms with van der Waals surface area (Å²) in [6.45, 7) is 3.50. The zero-order chi connectivity index (χ0) is 24.1. The van der Waals surface area contributed by atoms with Crippen LogP contribution in [0.15, 0.2) is 48.8 Å². The molecule has 0 radical (unpaired) electrons. The van der Waals surface area contributed by atoms with Gasteiger partial charge in [-0.3, -0.25) is 9.69 Å². The molecule has 2 heterocycles. The number of hydrogen-bond acceptors (Lipinski definition) is 6. The third-order valence-corrected chi connectivity index (χ3v) is 6.52. The molecule has 4 rings (SSSR count). The summed E-state index contributed by atoms with van der Waals surface area (Å²) in [5.41, 5.74) is 2.03. The molecule has 0 aliphatic carbocycles. The van der Waals surface area contributed by atoms with Crippen LogP contribution in [0.3, 0.4) is 0 Å². The number of aromatic nitrogens is 2. The highest BCUT2D eigenvalue weighted by Gasteiger charge is 2.35. The van der Waals surface area contributed by atoms with Crippen molar-refractivity contribution in [2.24, 2.45) is 5.92 Å². The summed E-state index contributed by atoms with van der Waals surface area (Å²) in [7, 11) is 3.19. The molecule has 176 valence electrons. The van der Waals surface area contributed by atoms with E-state index in [0.29, 0.717) is 43.1 Å². The Hall–Kier alpha value is -3.63. The number of nitrogens with zero attached hydrogens (tertiary/aromatic N) is 3. The maximum atomic E-state index is 11.5. The van der Waals surface area contributed by atoms with E-state index in [1.54, 1.807) is 14.2 Å². The highest BCUT2D eigenvalue weighted by atomic mass is 16.5. The number of rotatable bonds is 6. The van der Waals surface area contributed by atoms with E-state index in [1.807, 2.05) is 30.3 Å². The highest BCUT2D eigenvalue weighted by Crippen LogP contribution is 2.32. The van der Waals surface area contributed by atoms with Crippen LogP contribution in [0.25, 0.3) is 10.9 Å². The first-order valence-corrected chi connectivity index (χ1v) is 11.3. The molecule has 1 atom stereocenters. The van der Waals surface area contributed by atoms with Gasteiger partial charge in [0.25, 0.3) is 0 Å². The van der Waals surface area contributed by atoms with Gasteiger partial charge in [-0.1, -0.05) is 36.3 Å². The van der Waals surface area contributed by atoms with E-state index in [9.17, 15) is 9.90 Å². The van der Waals surface area contributed by atoms with E-state index >= 15 is 0 Å². The molecule has 7 nitrogen and oxygen atoms in total. The van der Waals surface area contributed by atoms with Gasteiger partial charge >= 0.3 is 5.97 Å². The molecule has 1 fully saturated rings. The maximum Gasteiger partial charge on any atom is 0.306 e. The summed E-state index contributed by atoms with van der Waals surface area (Å²) in [5.74, 6) is 7.00. The minimum absolute atomic E-state index is 0.293. The summed E-state index contributed by atoms with van der Waals surface area (Å²) in [6.07, 6.45) is 3.47. The van der Waals surface area contributed by atoms with E-state index in [0.717, 1.165) is 17.3 Å². The van der Waals surface area contributed by atoms with Crippen molar-refractivity contribution in [3.63, 3.8) is 0 Å². The number of ether oxygens (including phenoxy) is 2. The maximum absolute atomic E-state index is 11.5. The van der Waals surface area contributed by atoms with Gasteiger partial charge in [0.2, 0.25) is 0 Å². The number of carboxylic acid groups (broad SMARTS) is 1. The van der Waals surface area contributed by atoms with Gasteiger partial charge in [0.1, 0.15) is 12.0 Å². The van der Waals surface area contributed by atoms with Crippen LogP contribution in [0, 0.1) is 17.8 Å². The van der Waals surface area contributed by atoms with Crippen molar-refractivity contribution in [2.75, 3.05) is 27.3 Å². The molecule has 1 aromatic heterocycles. The van der Waals surface area contributed by atoms with Crippen LogP contribution in [-0.2, 0) is 11.2 Å². The topological polar surface area (TPSA) is 84.8 Å². The van der Waals surface area contributed by atoms with E-state index in [1.165, 1.54) is 11.9 Å². The number of fused-ring (bicyclic) bond motifs is 1. The monoisotopic (exact) mass is 459 g/mol. The summed E-state index contributed by atoms with van der Waals surface area (Å²) in [5, 5.41) is 10.2. The molecule has 1 saturated heterocycles. The fourth-order valence-corrected chi connectivity index (χ4v) is 4.52. The lowest BCUT2D eigenvalue weighted by Gasteiger charge is -2.41. The predicted octanol–water partition coefficient (Wildman–Crippen LogP) is 3.80. The average molecular weight is 460 g/mol. The number of carboxylic acids is 1. The molecular formula is C27H29N3O4. The van der Waals surface area contributed by atoms with E-state index in [-0.39, 0.29) is 5.92 Å². The first-order valence-electron chi connectivity index (χ1n) is 11.3. The lowest BCUT2D eigenvalue weighted by molar-refractivity contribution is -0.143. The van der Waals surface area contributed by atoms with Crippen LogP contribution in [-0.4, -0.2) is 58.8 Å². The molecule has 0 saturated carbocycles. The van der Waals surface area contributed by atoms with Crippen molar-refractivity contribution in [1.82, 2.24) is 14.9 Å². The number of likely N-dealkylation sites (tertiary alicyclic amines) is 1. The van der Waals surface area contributed by atoms with Crippen molar-refractivity contribution in [3.05, 3.63) is 60.0 Å². The Morgan fingerprint density at radius 2 is 1.79 bits per heavy atom. The molecule has 3 aromatic rings. The molecular weight excluding hydrogens is 430 g/mol. The summed E-state index contributed by atoms with van der Waals surface area (Å²) in [4.78, 5) is 22.6. The van der Waals surface area contributed by atoms with Gasteiger partial charge in [-0.2, -0.15) is 0 Å². The van der Waals surface area contributed by atoms with Gasteiger partial charge in [-0.15, -0.1) is 0 Å². The molecule has 0 bridgehead atoms. The van der Waals surface area contributed by atoms with Gasteiger partial charge in [0, 0.05) is 31.0 Å². The summed E-state index contributed by atoms with van der Waals surface area (Å²) in [6, 6.07) is 13.9. The van der Waals surface area contributed by atoms with Gasteiger partial charge in [0.05, 0.1) is 31.2 Å². The normalized spacial score (nSPS) is 16.3. The van der Waals surface area contributed by atoms with E-state index in [4.69, 9.17) is 9.47 Å². The SMILES string of the molecule is COc1cc2ncnc(C#CC(C)(Cc3ccccc3)N3CCC(C(=O)O)CC3)c2cc1OC. The van der Waals surface area contributed by atoms with Gasteiger partial charge in [-0.25, -0.2) is 9.97 Å². The Balaban J connectivity index is 1.72. The number of hydrogen-bond donors (Lipinski definition) is 1. The number of aliphatic carboxylic acids is 1. The van der Waals surface area contributed by atoms with Crippen LogP contribution < -0.4 is 9.47 Å². The van der Waals surface area contributed by atoms with Crippen LogP contribution in [0.4, 0.5) is 0 Å². The molecule has 0 spiro atoms. The fourth-order valence-electron chi connectivity index (χ4n) is 4.52. The Labute approximate surface area is 199 Å². The molecule has 1 aliphatic rings. The smallest absolute Gasteiger partial charge is 0.306 e. The molecule has 1 N–H and O–H groups in total. The van der Waals surface area contributed by atoms with Crippen LogP contribution in [0.2, 0.25) is 0 Å². The van der Waals surface area contributed by atoms with Crippen molar-refractivity contribution in [3.8, 4) is 23.3 Å². The Kier molecular flexibility index (Phi) is 6.99. The number of methoxy groups -OCH3 is 2. The molecule has 34 heavy (non-hydrogen) atoms. The minimum Gasteiger partial charge on any atom is -0.493 e. The van der Waals surface area contributed by atoms with Crippen molar-refractivity contribution < 1.29 is 19.4 Å².